The highest BCUT2D eigenvalue weighted by molar-refractivity contribution is 5.99. The van der Waals surface area contributed by atoms with Gasteiger partial charge in [-0.15, -0.1) is 0 Å². The normalized spacial score (nSPS) is 18.6. The van der Waals surface area contributed by atoms with Gasteiger partial charge in [0.25, 0.3) is 5.91 Å². The van der Waals surface area contributed by atoms with Gasteiger partial charge in [-0.3, -0.25) is 9.78 Å². The number of anilines is 1. The fraction of sp³-hybridized carbons (Fsp3) is 0.571. The van der Waals surface area contributed by atoms with E-state index in [1.54, 1.807) is 25.6 Å². The molecule has 1 aliphatic heterocycles. The average Bonchev–Trinajstić information content (AvgIpc) is 2.93. The first-order valence-corrected chi connectivity index (χ1v) is 6.76. The molecule has 1 aromatic rings. The Hall–Kier alpha value is -1.62. The van der Waals surface area contributed by atoms with E-state index in [2.05, 4.69) is 17.2 Å². The van der Waals surface area contributed by atoms with Crippen molar-refractivity contribution in [3.8, 4) is 0 Å². The van der Waals surface area contributed by atoms with Crippen molar-refractivity contribution in [3.05, 3.63) is 24.0 Å². The van der Waals surface area contributed by atoms with Crippen LogP contribution in [0.15, 0.2) is 18.5 Å². The Labute approximate surface area is 114 Å². The number of aromatic nitrogens is 1. The van der Waals surface area contributed by atoms with Crippen LogP contribution < -0.4 is 5.32 Å². The molecule has 19 heavy (non-hydrogen) atoms. The van der Waals surface area contributed by atoms with Crippen LogP contribution in [0.2, 0.25) is 0 Å². The Balaban J connectivity index is 2.10. The number of nitrogens with zero attached hydrogens (tertiary/aromatic N) is 2. The lowest BCUT2D eigenvalue weighted by Crippen LogP contribution is -2.30. The number of likely N-dealkylation sites (tertiary alicyclic amines) is 1. The zero-order chi connectivity index (χ0) is 13.7. The van der Waals surface area contributed by atoms with E-state index >= 15 is 0 Å². The third-order valence-corrected chi connectivity index (χ3v) is 3.38. The number of methoxy groups -OCH3 is 1. The van der Waals surface area contributed by atoms with E-state index in [4.69, 9.17) is 4.74 Å². The zero-order valence-corrected chi connectivity index (χ0v) is 11.6. The molecular weight excluding hydrogens is 242 g/mol. The summed E-state index contributed by atoms with van der Waals surface area (Å²) in [5.74, 6) is 0.0561. The lowest BCUT2D eigenvalue weighted by atomic mass is 10.2. The van der Waals surface area contributed by atoms with Crippen molar-refractivity contribution in [1.82, 2.24) is 9.88 Å². The molecule has 1 aromatic heterocycles. The van der Waals surface area contributed by atoms with E-state index in [1.165, 1.54) is 0 Å². The van der Waals surface area contributed by atoms with Crippen LogP contribution in [-0.4, -0.2) is 48.6 Å². The van der Waals surface area contributed by atoms with Gasteiger partial charge in [0.1, 0.15) is 0 Å². The topological polar surface area (TPSA) is 54.5 Å². The number of hydrogen-bond acceptors (Lipinski definition) is 4. The number of carbonyl (C=O) groups excluding carboxylic acids is 1. The van der Waals surface area contributed by atoms with E-state index in [0.717, 1.165) is 31.6 Å². The van der Waals surface area contributed by atoms with Gasteiger partial charge >= 0.3 is 0 Å². The minimum atomic E-state index is 0.0561. The van der Waals surface area contributed by atoms with Gasteiger partial charge in [-0.05, 0) is 18.9 Å². The van der Waals surface area contributed by atoms with Crippen LogP contribution in [0.1, 0.15) is 30.1 Å². The highest BCUT2D eigenvalue weighted by atomic mass is 16.5. The summed E-state index contributed by atoms with van der Waals surface area (Å²) < 4.78 is 5.30. The number of carbonyl (C=O) groups is 1. The molecule has 1 fully saturated rings. The fourth-order valence-electron chi connectivity index (χ4n) is 2.26. The highest BCUT2D eigenvalue weighted by Crippen LogP contribution is 2.20. The first kappa shape index (κ1) is 13.8. The fourth-order valence-corrected chi connectivity index (χ4v) is 2.26. The molecule has 1 aliphatic rings. The summed E-state index contributed by atoms with van der Waals surface area (Å²) in [6, 6.07) is 1.78. The third-order valence-electron chi connectivity index (χ3n) is 3.38. The molecule has 1 unspecified atom stereocenters. The number of hydrogen-bond donors (Lipinski definition) is 1. The van der Waals surface area contributed by atoms with Gasteiger partial charge in [0, 0.05) is 32.9 Å². The Kier molecular flexibility index (Phi) is 4.74. The van der Waals surface area contributed by atoms with Gasteiger partial charge in [-0.2, -0.15) is 0 Å². The molecule has 2 rings (SSSR count). The highest BCUT2D eigenvalue weighted by Gasteiger charge is 2.27. The van der Waals surface area contributed by atoms with Crippen LogP contribution in [0, 0.1) is 0 Å². The second-order valence-corrected chi connectivity index (χ2v) is 4.75. The summed E-state index contributed by atoms with van der Waals surface area (Å²) in [4.78, 5) is 18.4. The second-order valence-electron chi connectivity index (χ2n) is 4.75. The zero-order valence-electron chi connectivity index (χ0n) is 11.6. The van der Waals surface area contributed by atoms with E-state index < -0.39 is 0 Å². The van der Waals surface area contributed by atoms with Crippen LogP contribution in [0.4, 0.5) is 5.69 Å². The average molecular weight is 263 g/mol. The first-order valence-electron chi connectivity index (χ1n) is 6.76. The predicted octanol–water partition coefficient (Wildman–Crippen LogP) is 1.76. The molecule has 0 spiro atoms. The van der Waals surface area contributed by atoms with E-state index in [1.807, 2.05) is 4.90 Å². The minimum Gasteiger partial charge on any atom is -0.383 e. The third kappa shape index (κ3) is 3.23. The van der Waals surface area contributed by atoms with Crippen molar-refractivity contribution in [2.75, 3.05) is 32.1 Å². The van der Waals surface area contributed by atoms with Crippen molar-refractivity contribution >= 4 is 11.6 Å². The SMILES string of the molecule is CCCNc1cnccc1C(=O)N1CCC(OC)C1. The summed E-state index contributed by atoms with van der Waals surface area (Å²) in [5.41, 5.74) is 1.51. The monoisotopic (exact) mass is 263 g/mol. The predicted molar refractivity (Wildman–Crippen MR) is 74.3 cm³/mol. The van der Waals surface area contributed by atoms with E-state index in [-0.39, 0.29) is 12.0 Å². The second kappa shape index (κ2) is 6.52. The molecule has 0 saturated carbocycles. The first-order chi connectivity index (χ1) is 9.26. The molecule has 0 bridgehead atoms. The lowest BCUT2D eigenvalue weighted by molar-refractivity contribution is 0.0725. The summed E-state index contributed by atoms with van der Waals surface area (Å²) >= 11 is 0. The smallest absolute Gasteiger partial charge is 0.256 e. The Morgan fingerprint density at radius 2 is 2.47 bits per heavy atom. The van der Waals surface area contributed by atoms with Crippen LogP contribution in [0.25, 0.3) is 0 Å². The molecule has 1 atom stereocenters. The van der Waals surface area contributed by atoms with Gasteiger partial charge in [-0.1, -0.05) is 6.92 Å². The maximum absolute atomic E-state index is 12.5. The number of pyridine rings is 1. The summed E-state index contributed by atoms with van der Waals surface area (Å²) in [6.07, 6.45) is 5.46. The molecule has 5 nitrogen and oxygen atoms in total. The molecule has 1 N–H and O–H groups in total. The maximum Gasteiger partial charge on any atom is 0.256 e. The van der Waals surface area contributed by atoms with Gasteiger partial charge < -0.3 is 15.0 Å². The number of nitrogens with one attached hydrogen (secondary N) is 1. The Bertz CT molecular complexity index is 436. The molecule has 0 aliphatic carbocycles. The maximum atomic E-state index is 12.5. The molecule has 5 heteroatoms. The molecule has 0 radical (unpaired) electrons. The summed E-state index contributed by atoms with van der Waals surface area (Å²) in [5, 5.41) is 3.25. The van der Waals surface area contributed by atoms with Crippen molar-refractivity contribution in [1.29, 1.82) is 0 Å². The van der Waals surface area contributed by atoms with Crippen LogP contribution in [0.3, 0.4) is 0 Å². The van der Waals surface area contributed by atoms with Gasteiger partial charge in [0.15, 0.2) is 0 Å². The molecule has 2 heterocycles. The van der Waals surface area contributed by atoms with E-state index in [0.29, 0.717) is 12.1 Å². The standard InChI is InChI=1S/C14H21N3O2/c1-3-6-16-13-9-15-7-4-12(13)14(18)17-8-5-11(10-17)19-2/h4,7,9,11,16H,3,5-6,8,10H2,1-2H3. The quantitative estimate of drug-likeness (QED) is 0.879. The Morgan fingerprint density at radius 3 is 3.16 bits per heavy atom. The summed E-state index contributed by atoms with van der Waals surface area (Å²) in [6.45, 7) is 4.36. The van der Waals surface area contributed by atoms with E-state index in [9.17, 15) is 4.79 Å². The Morgan fingerprint density at radius 1 is 1.63 bits per heavy atom. The number of ether oxygens (including phenoxy) is 1. The number of rotatable bonds is 5. The van der Waals surface area contributed by atoms with Crippen LogP contribution in [0.5, 0.6) is 0 Å². The lowest BCUT2D eigenvalue weighted by Gasteiger charge is -2.18. The van der Waals surface area contributed by atoms with Crippen LogP contribution in [-0.2, 0) is 4.74 Å². The minimum absolute atomic E-state index is 0.0561. The van der Waals surface area contributed by atoms with Gasteiger partial charge in [0.05, 0.1) is 23.6 Å². The molecule has 1 saturated heterocycles. The largest absolute Gasteiger partial charge is 0.383 e. The van der Waals surface area contributed by atoms with Crippen molar-refractivity contribution in [2.24, 2.45) is 0 Å². The summed E-state index contributed by atoms with van der Waals surface area (Å²) in [7, 11) is 1.69. The molecule has 104 valence electrons. The van der Waals surface area contributed by atoms with Gasteiger partial charge in [0.2, 0.25) is 0 Å². The van der Waals surface area contributed by atoms with Gasteiger partial charge in [-0.25, -0.2) is 0 Å². The number of amides is 1. The van der Waals surface area contributed by atoms with Crippen molar-refractivity contribution in [3.63, 3.8) is 0 Å². The molecular formula is C14H21N3O2. The van der Waals surface area contributed by atoms with Crippen molar-refractivity contribution in [2.45, 2.75) is 25.9 Å². The molecule has 1 amide bonds. The van der Waals surface area contributed by atoms with Crippen molar-refractivity contribution < 1.29 is 9.53 Å². The van der Waals surface area contributed by atoms with Crippen LogP contribution >= 0.6 is 0 Å². The molecule has 0 aromatic carbocycles.